The third kappa shape index (κ3) is 6.03. The number of nitrogens with zero attached hydrogens (tertiary/aromatic N) is 1. The van der Waals surface area contributed by atoms with Crippen LogP contribution in [0.4, 0.5) is 20.3 Å². The lowest BCUT2D eigenvalue weighted by molar-refractivity contribution is -0.115. The fraction of sp³-hybridized carbons (Fsp3) is 0.312. The summed E-state index contributed by atoms with van der Waals surface area (Å²) in [5.74, 6) is -0.106. The highest BCUT2D eigenvalue weighted by Crippen LogP contribution is 2.26. The zero-order valence-corrected chi connectivity index (χ0v) is 14.8. The van der Waals surface area contributed by atoms with Crippen LogP contribution < -0.4 is 15.4 Å². The van der Waals surface area contributed by atoms with Gasteiger partial charge in [-0.05, 0) is 26.0 Å². The monoisotopic (exact) mass is 385 g/mol. The summed E-state index contributed by atoms with van der Waals surface area (Å²) in [6.45, 7) is 0.334. The largest absolute Gasteiger partial charge is 0.433 e. The number of nitrogens with one attached hydrogen (secondary N) is 2. The molecule has 0 aliphatic carbocycles. The van der Waals surface area contributed by atoms with Crippen LogP contribution >= 0.6 is 11.8 Å². The normalized spacial score (nSPS) is 11.9. The highest BCUT2D eigenvalue weighted by molar-refractivity contribution is 8.01. The number of carbonyl (C=O) groups is 2. The van der Waals surface area contributed by atoms with Gasteiger partial charge in [0.1, 0.15) is 11.5 Å². The zero-order valence-electron chi connectivity index (χ0n) is 14.0. The molecule has 26 heavy (non-hydrogen) atoms. The Bertz CT molecular complexity index is 769. The Kier molecular flexibility index (Phi) is 6.96. The first-order chi connectivity index (χ1) is 12.3. The highest BCUT2D eigenvalue weighted by Gasteiger charge is 2.18. The van der Waals surface area contributed by atoms with Crippen LogP contribution in [-0.4, -0.2) is 34.6 Å². The fourth-order valence-electron chi connectivity index (χ4n) is 1.88. The van der Waals surface area contributed by atoms with Gasteiger partial charge in [0.15, 0.2) is 5.82 Å². The number of aryl methyl sites for hydroxylation is 1. The van der Waals surface area contributed by atoms with Crippen molar-refractivity contribution in [1.29, 1.82) is 0 Å². The molecule has 0 saturated heterocycles. The Labute approximate surface area is 152 Å². The van der Waals surface area contributed by atoms with E-state index in [1.807, 2.05) is 0 Å². The van der Waals surface area contributed by atoms with E-state index in [2.05, 4.69) is 20.5 Å². The molecule has 10 heteroatoms. The smallest absolute Gasteiger partial charge is 0.387 e. The van der Waals surface area contributed by atoms with Crippen molar-refractivity contribution in [2.45, 2.75) is 25.7 Å². The summed E-state index contributed by atoms with van der Waals surface area (Å²) in [7, 11) is 0. The van der Waals surface area contributed by atoms with E-state index in [4.69, 9.17) is 4.52 Å². The number of alkyl halides is 2. The number of ether oxygens (including phenoxy) is 1. The second-order valence-electron chi connectivity index (χ2n) is 5.19. The standard InChI is InChI=1S/C16H17F2N3O4S/c1-9-7-13(21-25-9)20-15(23)10(2)26-8-14(22)19-11-5-3-4-6-12(11)24-16(17)18/h3-7,10,16H,8H2,1-2H3,(H,19,22)(H,20,21,23)/t10-/m1/s1. The lowest BCUT2D eigenvalue weighted by Crippen LogP contribution is -2.25. The van der Waals surface area contributed by atoms with Crippen LogP contribution in [0.25, 0.3) is 0 Å². The number of aromatic nitrogens is 1. The molecule has 0 aliphatic rings. The molecular weight excluding hydrogens is 368 g/mol. The van der Waals surface area contributed by atoms with E-state index in [1.165, 1.54) is 18.2 Å². The minimum Gasteiger partial charge on any atom is -0.433 e. The number of hydrogen-bond donors (Lipinski definition) is 2. The predicted molar refractivity (Wildman–Crippen MR) is 93.5 cm³/mol. The molecule has 2 aromatic rings. The molecule has 2 N–H and O–H groups in total. The molecule has 140 valence electrons. The summed E-state index contributed by atoms with van der Waals surface area (Å²) < 4.78 is 33.9. The summed E-state index contributed by atoms with van der Waals surface area (Å²) in [6, 6.07) is 7.44. The third-order valence-electron chi connectivity index (χ3n) is 3.09. The molecule has 0 radical (unpaired) electrons. The van der Waals surface area contributed by atoms with E-state index in [0.29, 0.717) is 11.6 Å². The van der Waals surface area contributed by atoms with Gasteiger partial charge in [-0.1, -0.05) is 17.3 Å². The van der Waals surface area contributed by atoms with Gasteiger partial charge >= 0.3 is 6.61 Å². The Morgan fingerprint density at radius 3 is 2.69 bits per heavy atom. The Morgan fingerprint density at radius 1 is 1.31 bits per heavy atom. The van der Waals surface area contributed by atoms with Gasteiger partial charge in [0, 0.05) is 6.07 Å². The minimum atomic E-state index is -2.99. The number of para-hydroxylation sites is 2. The maximum absolute atomic E-state index is 12.4. The van der Waals surface area contributed by atoms with Crippen LogP contribution in [-0.2, 0) is 9.59 Å². The van der Waals surface area contributed by atoms with Crippen molar-refractivity contribution < 1.29 is 27.6 Å². The van der Waals surface area contributed by atoms with Crippen LogP contribution in [0.15, 0.2) is 34.9 Å². The van der Waals surface area contributed by atoms with Crippen LogP contribution in [0.5, 0.6) is 5.75 Å². The van der Waals surface area contributed by atoms with Crippen molar-refractivity contribution in [2.75, 3.05) is 16.4 Å². The number of anilines is 2. The van der Waals surface area contributed by atoms with Crippen molar-refractivity contribution in [2.24, 2.45) is 0 Å². The first-order valence-electron chi connectivity index (χ1n) is 7.54. The molecule has 0 spiro atoms. The molecule has 1 aromatic heterocycles. The van der Waals surface area contributed by atoms with Gasteiger partial charge < -0.3 is 19.9 Å². The highest BCUT2D eigenvalue weighted by atomic mass is 32.2. The molecule has 1 atom stereocenters. The molecule has 1 aromatic carbocycles. The molecule has 0 bridgehead atoms. The number of benzene rings is 1. The molecule has 2 rings (SSSR count). The SMILES string of the molecule is Cc1cc(NC(=O)[C@@H](C)SCC(=O)Nc2ccccc2OC(F)F)no1. The molecule has 2 amide bonds. The maximum atomic E-state index is 12.4. The van der Waals surface area contributed by atoms with Gasteiger partial charge in [0.2, 0.25) is 11.8 Å². The van der Waals surface area contributed by atoms with Crippen molar-refractivity contribution in [1.82, 2.24) is 5.16 Å². The first-order valence-corrected chi connectivity index (χ1v) is 8.59. The predicted octanol–water partition coefficient (Wildman–Crippen LogP) is 3.28. The van der Waals surface area contributed by atoms with Gasteiger partial charge in [0.25, 0.3) is 0 Å². The number of rotatable bonds is 8. The van der Waals surface area contributed by atoms with E-state index < -0.39 is 17.8 Å². The number of carbonyl (C=O) groups excluding carboxylic acids is 2. The van der Waals surface area contributed by atoms with E-state index in [0.717, 1.165) is 11.8 Å². The van der Waals surface area contributed by atoms with Gasteiger partial charge in [0.05, 0.1) is 16.7 Å². The zero-order chi connectivity index (χ0) is 19.1. The van der Waals surface area contributed by atoms with Gasteiger partial charge in [-0.3, -0.25) is 9.59 Å². The minimum absolute atomic E-state index is 0.0462. The van der Waals surface area contributed by atoms with Crippen molar-refractivity contribution in [3.8, 4) is 5.75 Å². The van der Waals surface area contributed by atoms with Crippen LogP contribution in [0.2, 0.25) is 0 Å². The van der Waals surface area contributed by atoms with E-state index in [1.54, 1.807) is 26.0 Å². The summed E-state index contributed by atoms with van der Waals surface area (Å²) in [4.78, 5) is 24.0. The van der Waals surface area contributed by atoms with Crippen molar-refractivity contribution >= 4 is 35.1 Å². The molecule has 0 unspecified atom stereocenters. The number of hydrogen-bond acceptors (Lipinski definition) is 6. The van der Waals surface area contributed by atoms with Crippen LogP contribution in [0, 0.1) is 6.92 Å². The molecule has 0 aliphatic heterocycles. The first kappa shape index (κ1) is 19.7. The molecular formula is C16H17F2N3O4S. The Morgan fingerprint density at radius 2 is 2.04 bits per heavy atom. The van der Waals surface area contributed by atoms with Crippen molar-refractivity contribution in [3.63, 3.8) is 0 Å². The average Bonchev–Trinajstić information content (AvgIpc) is 2.98. The second kappa shape index (κ2) is 9.18. The van der Waals surface area contributed by atoms with Gasteiger partial charge in [-0.15, -0.1) is 11.8 Å². The number of halogens is 2. The molecule has 1 heterocycles. The van der Waals surface area contributed by atoms with Gasteiger partial charge in [-0.25, -0.2) is 0 Å². The van der Waals surface area contributed by atoms with E-state index in [9.17, 15) is 18.4 Å². The molecule has 0 fully saturated rings. The molecule has 7 nitrogen and oxygen atoms in total. The van der Waals surface area contributed by atoms with Crippen LogP contribution in [0.3, 0.4) is 0 Å². The van der Waals surface area contributed by atoms with Crippen molar-refractivity contribution in [3.05, 3.63) is 36.1 Å². The van der Waals surface area contributed by atoms with E-state index >= 15 is 0 Å². The van der Waals surface area contributed by atoms with Crippen LogP contribution in [0.1, 0.15) is 12.7 Å². The summed E-state index contributed by atoms with van der Waals surface area (Å²) in [5.41, 5.74) is 0.133. The topological polar surface area (TPSA) is 93.5 Å². The third-order valence-corrected chi connectivity index (χ3v) is 4.23. The Hall–Kier alpha value is -2.62. The number of amides is 2. The summed E-state index contributed by atoms with van der Waals surface area (Å²) in [6.07, 6.45) is 0. The summed E-state index contributed by atoms with van der Waals surface area (Å²) in [5, 5.41) is 8.17. The fourth-order valence-corrected chi connectivity index (χ4v) is 2.57. The summed E-state index contributed by atoms with van der Waals surface area (Å²) >= 11 is 1.09. The Balaban J connectivity index is 1.83. The second-order valence-corrected chi connectivity index (χ2v) is 6.52. The number of thioether (sulfide) groups is 1. The lowest BCUT2D eigenvalue weighted by Gasteiger charge is -2.13. The average molecular weight is 385 g/mol. The maximum Gasteiger partial charge on any atom is 0.387 e. The lowest BCUT2D eigenvalue weighted by atomic mass is 10.3. The quantitative estimate of drug-likeness (QED) is 0.724. The molecule has 0 saturated carbocycles. The van der Waals surface area contributed by atoms with Gasteiger partial charge in [-0.2, -0.15) is 8.78 Å². The van der Waals surface area contributed by atoms with E-state index in [-0.39, 0.29) is 23.1 Å².